The first kappa shape index (κ1) is 13.4. The number of carbonyl (C=O) groups is 1. The lowest BCUT2D eigenvalue weighted by molar-refractivity contribution is -0.110. The normalized spacial score (nSPS) is 28.6. The average Bonchev–Trinajstić information content (AvgIpc) is 2.82. The Hall–Kier alpha value is -1.58. The summed E-state index contributed by atoms with van der Waals surface area (Å²) in [5.41, 5.74) is 3.41. The van der Waals surface area contributed by atoms with E-state index in [0.717, 1.165) is 48.9 Å². The minimum atomic E-state index is -0.363. The summed E-state index contributed by atoms with van der Waals surface area (Å²) >= 11 is 0. The van der Waals surface area contributed by atoms with Gasteiger partial charge in [-0.15, -0.1) is 0 Å². The van der Waals surface area contributed by atoms with Crippen molar-refractivity contribution in [3.8, 4) is 0 Å². The summed E-state index contributed by atoms with van der Waals surface area (Å²) in [6.07, 6.45) is 8.79. The second-order valence-electron chi connectivity index (χ2n) is 5.51. The first-order chi connectivity index (χ1) is 9.81. The maximum Gasteiger partial charge on any atom is 0.127 e. The first-order valence-corrected chi connectivity index (χ1v) is 7.27. The number of carbonyl (C=O) groups excluding carboxylic acids is 1. The van der Waals surface area contributed by atoms with Crippen molar-refractivity contribution < 1.29 is 13.9 Å². The summed E-state index contributed by atoms with van der Waals surface area (Å²) in [4.78, 5) is 13.6. The molecule has 108 valence electrons. The number of nitrogens with zero attached hydrogens (tertiary/aromatic N) is 1. The third kappa shape index (κ3) is 1.89. The first-order valence-electron chi connectivity index (χ1n) is 7.27. The van der Waals surface area contributed by atoms with Crippen LogP contribution in [-0.4, -0.2) is 37.6 Å². The minimum absolute atomic E-state index is 0.0579. The van der Waals surface area contributed by atoms with Crippen molar-refractivity contribution in [2.45, 2.75) is 31.7 Å². The summed E-state index contributed by atoms with van der Waals surface area (Å²) in [5.74, 6) is 0.779. The van der Waals surface area contributed by atoms with E-state index in [2.05, 4.69) is 11.0 Å². The Balaban J connectivity index is 2.12. The van der Waals surface area contributed by atoms with Crippen molar-refractivity contribution in [3.63, 3.8) is 0 Å². The van der Waals surface area contributed by atoms with Crippen LogP contribution in [-0.2, 0) is 9.53 Å². The van der Waals surface area contributed by atoms with Crippen molar-refractivity contribution in [1.29, 1.82) is 0 Å². The lowest BCUT2D eigenvalue weighted by Gasteiger charge is -2.30. The highest BCUT2D eigenvalue weighted by Crippen LogP contribution is 2.47. The highest BCUT2D eigenvalue weighted by atomic mass is 19.1. The molecular weight excluding hydrogens is 257 g/mol. The van der Waals surface area contributed by atoms with Crippen LogP contribution < -0.4 is 0 Å². The number of fused-ring (bicyclic) bond motifs is 2. The molecule has 1 aliphatic heterocycles. The zero-order valence-corrected chi connectivity index (χ0v) is 11.8. The number of alkyl halides is 1. The number of rotatable bonds is 4. The van der Waals surface area contributed by atoms with Gasteiger partial charge in [-0.3, -0.25) is 0 Å². The summed E-state index contributed by atoms with van der Waals surface area (Å²) in [7, 11) is 1.66. The van der Waals surface area contributed by atoms with Crippen molar-refractivity contribution in [2.24, 2.45) is 5.92 Å². The van der Waals surface area contributed by atoms with Crippen LogP contribution >= 0.6 is 0 Å². The second-order valence-corrected chi connectivity index (χ2v) is 5.51. The Morgan fingerprint density at radius 1 is 1.50 bits per heavy atom. The minimum Gasteiger partial charge on any atom is -0.496 e. The maximum atomic E-state index is 12.9. The van der Waals surface area contributed by atoms with Gasteiger partial charge in [0.25, 0.3) is 0 Å². The summed E-state index contributed by atoms with van der Waals surface area (Å²) in [6, 6.07) is 0.149. The number of aldehydes is 1. The van der Waals surface area contributed by atoms with E-state index in [1.54, 1.807) is 7.11 Å². The van der Waals surface area contributed by atoms with E-state index in [1.807, 2.05) is 6.08 Å². The molecule has 2 atom stereocenters. The van der Waals surface area contributed by atoms with E-state index in [4.69, 9.17) is 4.74 Å². The van der Waals surface area contributed by atoms with E-state index < -0.39 is 0 Å². The van der Waals surface area contributed by atoms with Crippen LogP contribution in [0.2, 0.25) is 0 Å². The Morgan fingerprint density at radius 3 is 3.05 bits per heavy atom. The fraction of sp³-hybridized carbons (Fsp3) is 0.562. The molecule has 3 aliphatic rings. The predicted octanol–water partition coefficient (Wildman–Crippen LogP) is 2.75. The van der Waals surface area contributed by atoms with Crippen molar-refractivity contribution >= 4 is 6.29 Å². The van der Waals surface area contributed by atoms with Crippen LogP contribution in [0.3, 0.4) is 0 Å². The quantitative estimate of drug-likeness (QED) is 0.740. The standard InChI is InChI=1S/C16H20FNO2/c1-20-14-7-3-6-13-16(14)15-11(10-19)4-2-5-12(15)18(13)9-8-17/h3,7,10-11,13H,2,4-6,8-9H2,1H3. The van der Waals surface area contributed by atoms with Crippen LogP contribution in [0.1, 0.15) is 25.7 Å². The van der Waals surface area contributed by atoms with Gasteiger partial charge in [0.05, 0.1) is 13.2 Å². The lowest BCUT2D eigenvalue weighted by Crippen LogP contribution is -2.33. The van der Waals surface area contributed by atoms with Crippen molar-refractivity contribution in [1.82, 2.24) is 4.90 Å². The molecule has 3 rings (SSSR count). The molecule has 20 heavy (non-hydrogen) atoms. The Morgan fingerprint density at radius 2 is 2.35 bits per heavy atom. The molecular formula is C16H20FNO2. The molecule has 2 unspecified atom stereocenters. The molecule has 0 aromatic carbocycles. The monoisotopic (exact) mass is 277 g/mol. The summed E-state index contributed by atoms with van der Waals surface area (Å²) in [6.45, 7) is 0.0434. The zero-order valence-electron chi connectivity index (χ0n) is 11.8. The molecule has 0 N–H and O–H groups in total. The molecule has 2 aliphatic carbocycles. The molecule has 1 heterocycles. The molecule has 3 nitrogen and oxygen atoms in total. The smallest absolute Gasteiger partial charge is 0.127 e. The SMILES string of the molecule is COC1=C2C3=C(CCCC3C=O)N(CCF)C2CC=C1. The van der Waals surface area contributed by atoms with Crippen molar-refractivity contribution in [3.05, 3.63) is 34.8 Å². The van der Waals surface area contributed by atoms with Gasteiger partial charge in [-0.2, -0.15) is 0 Å². The molecule has 0 spiro atoms. The van der Waals surface area contributed by atoms with Gasteiger partial charge < -0.3 is 14.4 Å². The van der Waals surface area contributed by atoms with Crippen LogP contribution in [0.5, 0.6) is 0 Å². The Kier molecular flexibility index (Phi) is 3.64. The largest absolute Gasteiger partial charge is 0.496 e. The molecule has 0 fully saturated rings. The van der Waals surface area contributed by atoms with Gasteiger partial charge in [0.1, 0.15) is 18.7 Å². The fourth-order valence-corrected chi connectivity index (χ4v) is 3.79. The molecule has 4 heteroatoms. The zero-order chi connectivity index (χ0) is 14.1. The van der Waals surface area contributed by atoms with Gasteiger partial charge in [0.2, 0.25) is 0 Å². The Labute approximate surface area is 118 Å². The molecule has 0 amide bonds. The highest BCUT2D eigenvalue weighted by Gasteiger charge is 2.42. The summed E-state index contributed by atoms with van der Waals surface area (Å²) < 4.78 is 18.4. The van der Waals surface area contributed by atoms with Crippen molar-refractivity contribution in [2.75, 3.05) is 20.3 Å². The van der Waals surface area contributed by atoms with Crippen LogP contribution in [0.15, 0.2) is 34.8 Å². The average molecular weight is 277 g/mol. The number of ether oxygens (including phenoxy) is 1. The van der Waals surface area contributed by atoms with Gasteiger partial charge in [-0.05, 0) is 37.3 Å². The molecule has 0 saturated heterocycles. The van der Waals surface area contributed by atoms with Gasteiger partial charge >= 0.3 is 0 Å². The number of hydrogen-bond acceptors (Lipinski definition) is 3. The van der Waals surface area contributed by atoms with Gasteiger partial charge in [-0.25, -0.2) is 4.39 Å². The van der Waals surface area contributed by atoms with E-state index in [0.29, 0.717) is 6.54 Å². The molecule has 0 aromatic rings. The number of methoxy groups -OCH3 is 1. The molecule has 0 bridgehead atoms. The predicted molar refractivity (Wildman–Crippen MR) is 74.7 cm³/mol. The van der Waals surface area contributed by atoms with E-state index >= 15 is 0 Å². The number of halogens is 1. The number of hydrogen-bond donors (Lipinski definition) is 0. The lowest BCUT2D eigenvalue weighted by atomic mass is 9.81. The molecule has 0 radical (unpaired) electrons. The molecule has 0 aromatic heterocycles. The molecule has 0 saturated carbocycles. The van der Waals surface area contributed by atoms with Gasteiger partial charge in [0, 0.05) is 23.7 Å². The van der Waals surface area contributed by atoms with E-state index in [1.165, 1.54) is 5.70 Å². The fourth-order valence-electron chi connectivity index (χ4n) is 3.79. The van der Waals surface area contributed by atoms with E-state index in [9.17, 15) is 9.18 Å². The topological polar surface area (TPSA) is 29.5 Å². The maximum absolute atomic E-state index is 12.9. The third-order valence-corrected chi connectivity index (χ3v) is 4.56. The van der Waals surface area contributed by atoms with Gasteiger partial charge in [0.15, 0.2) is 0 Å². The van der Waals surface area contributed by atoms with Gasteiger partial charge in [-0.1, -0.05) is 6.08 Å². The number of allylic oxidation sites excluding steroid dienone is 2. The second kappa shape index (κ2) is 5.43. The highest BCUT2D eigenvalue weighted by molar-refractivity contribution is 5.67. The Bertz CT molecular complexity index is 507. The third-order valence-electron chi connectivity index (χ3n) is 4.56. The van der Waals surface area contributed by atoms with Crippen LogP contribution in [0.25, 0.3) is 0 Å². The van der Waals surface area contributed by atoms with Crippen LogP contribution in [0, 0.1) is 5.92 Å². The summed E-state index contributed by atoms with van der Waals surface area (Å²) in [5, 5.41) is 0. The van der Waals surface area contributed by atoms with E-state index in [-0.39, 0.29) is 18.6 Å². The van der Waals surface area contributed by atoms with Crippen LogP contribution in [0.4, 0.5) is 4.39 Å².